The first-order chi connectivity index (χ1) is 9.13. The zero-order valence-electron chi connectivity index (χ0n) is 11.3. The van der Waals surface area contributed by atoms with Gasteiger partial charge in [-0.2, -0.15) is 11.3 Å². The Balaban J connectivity index is 2.11. The Hall–Kier alpha value is -1.56. The Kier molecular flexibility index (Phi) is 6.95. The lowest BCUT2D eigenvalue weighted by Crippen LogP contribution is -2.37. The number of amides is 2. The minimum Gasteiger partial charge on any atom is -0.469 e. The summed E-state index contributed by atoms with van der Waals surface area (Å²) in [7, 11) is 3.14. The van der Waals surface area contributed by atoms with Crippen LogP contribution < -0.4 is 5.32 Å². The van der Waals surface area contributed by atoms with E-state index in [9.17, 15) is 9.59 Å². The lowest BCUT2D eigenvalue weighted by Gasteiger charge is -2.17. The van der Waals surface area contributed by atoms with E-state index >= 15 is 0 Å². The topological polar surface area (TPSA) is 58.6 Å². The zero-order chi connectivity index (χ0) is 14.1. The van der Waals surface area contributed by atoms with Gasteiger partial charge in [0.15, 0.2) is 0 Å². The second-order valence-corrected chi connectivity index (χ2v) is 5.03. The maximum Gasteiger partial charge on any atom is 0.317 e. The SMILES string of the molecule is COC(=O)CCCCNC(=O)N(C)Cc1ccsc1. The second kappa shape index (κ2) is 8.53. The van der Waals surface area contributed by atoms with Crippen molar-refractivity contribution in [1.29, 1.82) is 0 Å². The number of ether oxygens (including phenoxy) is 1. The average molecular weight is 284 g/mol. The molecule has 0 atom stereocenters. The summed E-state index contributed by atoms with van der Waals surface area (Å²) in [6, 6.07) is 1.91. The number of methoxy groups -OCH3 is 1. The summed E-state index contributed by atoms with van der Waals surface area (Å²) in [4.78, 5) is 24.3. The van der Waals surface area contributed by atoms with Gasteiger partial charge in [0.05, 0.1) is 7.11 Å². The molecule has 0 aliphatic carbocycles. The molecule has 0 saturated heterocycles. The lowest BCUT2D eigenvalue weighted by molar-refractivity contribution is -0.140. The fraction of sp³-hybridized carbons (Fsp3) is 0.538. The third-order valence-electron chi connectivity index (χ3n) is 2.66. The van der Waals surface area contributed by atoms with Crippen LogP contribution in [-0.4, -0.2) is 37.6 Å². The number of thiophene rings is 1. The highest BCUT2D eigenvalue weighted by atomic mass is 32.1. The van der Waals surface area contributed by atoms with Gasteiger partial charge >= 0.3 is 12.0 Å². The van der Waals surface area contributed by atoms with Crippen molar-refractivity contribution in [3.05, 3.63) is 22.4 Å². The average Bonchev–Trinajstić information content (AvgIpc) is 2.90. The summed E-state index contributed by atoms with van der Waals surface area (Å²) in [5.41, 5.74) is 1.13. The Bertz CT molecular complexity index is 393. The minimum absolute atomic E-state index is 0.0933. The van der Waals surface area contributed by atoms with Crippen LogP contribution in [0.15, 0.2) is 16.8 Å². The van der Waals surface area contributed by atoms with Crippen LogP contribution in [0.5, 0.6) is 0 Å². The number of carbonyl (C=O) groups is 2. The van der Waals surface area contributed by atoms with E-state index in [1.807, 2.05) is 16.8 Å². The van der Waals surface area contributed by atoms with E-state index in [4.69, 9.17) is 0 Å². The molecule has 106 valence electrons. The first-order valence-electron chi connectivity index (χ1n) is 6.20. The maximum atomic E-state index is 11.7. The van der Waals surface area contributed by atoms with E-state index in [1.165, 1.54) is 7.11 Å². The van der Waals surface area contributed by atoms with Gasteiger partial charge in [-0.1, -0.05) is 0 Å². The standard InChI is InChI=1S/C13H20N2O3S/c1-15(9-11-6-8-19-10-11)13(17)14-7-4-3-5-12(16)18-2/h6,8,10H,3-5,7,9H2,1-2H3,(H,14,17). The number of unbranched alkanes of at least 4 members (excludes halogenated alkanes) is 1. The van der Waals surface area contributed by atoms with Crippen LogP contribution in [0.25, 0.3) is 0 Å². The number of urea groups is 1. The normalized spacial score (nSPS) is 10.0. The third kappa shape index (κ3) is 6.24. The van der Waals surface area contributed by atoms with Crippen molar-refractivity contribution in [1.82, 2.24) is 10.2 Å². The number of hydrogen-bond donors (Lipinski definition) is 1. The molecular formula is C13H20N2O3S. The molecule has 6 heteroatoms. The van der Waals surface area contributed by atoms with E-state index in [-0.39, 0.29) is 12.0 Å². The molecule has 0 fully saturated rings. The van der Waals surface area contributed by atoms with E-state index in [0.29, 0.717) is 19.5 Å². The first kappa shape index (κ1) is 15.5. The van der Waals surface area contributed by atoms with Gasteiger partial charge in [0, 0.05) is 26.6 Å². The molecule has 1 rings (SSSR count). The number of hydrogen-bond acceptors (Lipinski definition) is 4. The van der Waals surface area contributed by atoms with Gasteiger partial charge in [0.1, 0.15) is 0 Å². The van der Waals surface area contributed by atoms with Gasteiger partial charge in [-0.25, -0.2) is 4.79 Å². The molecule has 0 radical (unpaired) electrons. The van der Waals surface area contributed by atoms with Crippen LogP contribution >= 0.6 is 11.3 Å². The number of nitrogens with one attached hydrogen (secondary N) is 1. The summed E-state index contributed by atoms with van der Waals surface area (Å²) in [5, 5.41) is 6.85. The molecule has 0 aromatic carbocycles. The second-order valence-electron chi connectivity index (χ2n) is 4.25. The van der Waals surface area contributed by atoms with Gasteiger partial charge in [-0.3, -0.25) is 4.79 Å². The highest BCUT2D eigenvalue weighted by molar-refractivity contribution is 7.07. The predicted molar refractivity (Wildman–Crippen MR) is 75.1 cm³/mol. The predicted octanol–water partition coefficient (Wildman–Crippen LogP) is 2.23. The maximum absolute atomic E-state index is 11.7. The molecule has 0 saturated carbocycles. The zero-order valence-corrected chi connectivity index (χ0v) is 12.2. The summed E-state index contributed by atoms with van der Waals surface area (Å²) in [6.07, 6.45) is 1.89. The highest BCUT2D eigenvalue weighted by Gasteiger charge is 2.08. The molecule has 2 amide bonds. The van der Waals surface area contributed by atoms with Gasteiger partial charge in [-0.15, -0.1) is 0 Å². The molecule has 0 bridgehead atoms. The molecule has 19 heavy (non-hydrogen) atoms. The molecule has 0 aliphatic heterocycles. The van der Waals surface area contributed by atoms with Crippen molar-refractivity contribution in [2.75, 3.05) is 20.7 Å². The van der Waals surface area contributed by atoms with Crippen LogP contribution in [0.4, 0.5) is 4.79 Å². The number of esters is 1. The quantitative estimate of drug-likeness (QED) is 0.617. The van der Waals surface area contributed by atoms with E-state index in [2.05, 4.69) is 10.1 Å². The Morgan fingerprint density at radius 2 is 2.21 bits per heavy atom. The molecular weight excluding hydrogens is 264 g/mol. The molecule has 1 aromatic rings. The third-order valence-corrected chi connectivity index (χ3v) is 3.39. The molecule has 1 N–H and O–H groups in total. The summed E-state index contributed by atoms with van der Waals surface area (Å²) in [5.74, 6) is -0.207. The van der Waals surface area contributed by atoms with Gasteiger partial charge in [0.2, 0.25) is 0 Å². The Morgan fingerprint density at radius 1 is 1.42 bits per heavy atom. The molecule has 0 aliphatic rings. The molecule has 0 unspecified atom stereocenters. The molecule has 5 nitrogen and oxygen atoms in total. The van der Waals surface area contributed by atoms with Crippen LogP contribution in [0, 0.1) is 0 Å². The van der Waals surface area contributed by atoms with Crippen molar-refractivity contribution in [2.24, 2.45) is 0 Å². The van der Waals surface area contributed by atoms with Gasteiger partial charge in [-0.05, 0) is 35.2 Å². The van der Waals surface area contributed by atoms with Gasteiger partial charge in [0.25, 0.3) is 0 Å². The monoisotopic (exact) mass is 284 g/mol. The van der Waals surface area contributed by atoms with Gasteiger partial charge < -0.3 is 15.0 Å². The summed E-state index contributed by atoms with van der Waals surface area (Å²) >= 11 is 1.62. The smallest absolute Gasteiger partial charge is 0.317 e. The molecule has 0 spiro atoms. The molecule has 1 heterocycles. The number of rotatable bonds is 7. The number of carbonyl (C=O) groups excluding carboxylic acids is 2. The minimum atomic E-state index is -0.207. The van der Waals surface area contributed by atoms with Crippen molar-refractivity contribution >= 4 is 23.3 Å². The van der Waals surface area contributed by atoms with Crippen molar-refractivity contribution < 1.29 is 14.3 Å². The Labute approximate surface area is 117 Å². The van der Waals surface area contributed by atoms with Crippen LogP contribution in [0.3, 0.4) is 0 Å². The largest absolute Gasteiger partial charge is 0.469 e. The lowest BCUT2D eigenvalue weighted by atomic mass is 10.2. The fourth-order valence-electron chi connectivity index (χ4n) is 1.55. The van der Waals surface area contributed by atoms with E-state index in [1.54, 1.807) is 23.3 Å². The summed E-state index contributed by atoms with van der Waals surface area (Å²) < 4.78 is 4.54. The van der Waals surface area contributed by atoms with Crippen LogP contribution in [0.1, 0.15) is 24.8 Å². The van der Waals surface area contributed by atoms with Crippen molar-refractivity contribution in [3.8, 4) is 0 Å². The molecule has 1 aromatic heterocycles. The van der Waals surface area contributed by atoms with E-state index < -0.39 is 0 Å². The van der Waals surface area contributed by atoms with Crippen LogP contribution in [0.2, 0.25) is 0 Å². The fourth-order valence-corrected chi connectivity index (χ4v) is 2.21. The highest BCUT2D eigenvalue weighted by Crippen LogP contribution is 2.08. The van der Waals surface area contributed by atoms with E-state index in [0.717, 1.165) is 18.4 Å². The van der Waals surface area contributed by atoms with Crippen LogP contribution in [-0.2, 0) is 16.1 Å². The number of nitrogens with zero attached hydrogens (tertiary/aromatic N) is 1. The Morgan fingerprint density at radius 3 is 2.84 bits per heavy atom. The summed E-state index contributed by atoms with van der Waals surface area (Å²) in [6.45, 7) is 1.18. The first-order valence-corrected chi connectivity index (χ1v) is 7.14. The van der Waals surface area contributed by atoms with Crippen molar-refractivity contribution in [2.45, 2.75) is 25.8 Å². The van der Waals surface area contributed by atoms with Crippen molar-refractivity contribution in [3.63, 3.8) is 0 Å².